The van der Waals surface area contributed by atoms with Crippen molar-refractivity contribution < 1.29 is 9.90 Å². The molecule has 0 spiro atoms. The van der Waals surface area contributed by atoms with E-state index in [0.717, 1.165) is 5.56 Å². The van der Waals surface area contributed by atoms with Gasteiger partial charge in [-0.3, -0.25) is 0 Å². The Morgan fingerprint density at radius 1 is 1.06 bits per heavy atom. The molecule has 0 aliphatic heterocycles. The summed E-state index contributed by atoms with van der Waals surface area (Å²) in [5.74, 6) is -0.201. The largest absolute Gasteiger partial charge is 0.478 e. The van der Waals surface area contributed by atoms with E-state index in [1.54, 1.807) is 6.08 Å². The van der Waals surface area contributed by atoms with Gasteiger partial charge in [0.15, 0.2) is 0 Å². The van der Waals surface area contributed by atoms with Crippen LogP contribution in [-0.4, -0.2) is 11.1 Å². The molecule has 0 radical (unpaired) electrons. The van der Waals surface area contributed by atoms with Crippen LogP contribution in [0.5, 0.6) is 0 Å². The predicted molar refractivity (Wildman–Crippen MR) is 73.6 cm³/mol. The molecule has 18 heavy (non-hydrogen) atoms. The lowest BCUT2D eigenvalue weighted by atomic mass is 9.91. The Morgan fingerprint density at radius 2 is 1.67 bits per heavy atom. The lowest BCUT2D eigenvalue weighted by molar-refractivity contribution is -0.131. The van der Waals surface area contributed by atoms with Crippen molar-refractivity contribution in [2.24, 2.45) is 0 Å². The maximum Gasteiger partial charge on any atom is 0.328 e. The third-order valence-corrected chi connectivity index (χ3v) is 3.68. The summed E-state index contributed by atoms with van der Waals surface area (Å²) in [5.41, 5.74) is 2.36. The minimum absolute atomic E-state index is 0.699. The van der Waals surface area contributed by atoms with E-state index in [0.29, 0.717) is 5.92 Å². The fourth-order valence-corrected chi connectivity index (χ4v) is 2.66. The SMILES string of the molecule is O=C(O)C=Cc1ccc(C2CCCCCC2)cc1. The second-order valence-corrected chi connectivity index (χ2v) is 5.03. The Hall–Kier alpha value is -1.57. The second kappa shape index (κ2) is 6.39. The number of rotatable bonds is 3. The molecule has 2 nitrogen and oxygen atoms in total. The molecule has 1 aromatic carbocycles. The summed E-state index contributed by atoms with van der Waals surface area (Å²) in [6.45, 7) is 0. The third kappa shape index (κ3) is 3.73. The Balaban J connectivity index is 2.04. The monoisotopic (exact) mass is 244 g/mol. The normalized spacial score (nSPS) is 17.8. The van der Waals surface area contributed by atoms with Gasteiger partial charge in [-0.1, -0.05) is 49.9 Å². The lowest BCUT2D eigenvalue weighted by Crippen LogP contribution is -1.96. The first-order valence-electron chi connectivity index (χ1n) is 6.76. The van der Waals surface area contributed by atoms with Crippen LogP contribution in [0.1, 0.15) is 55.6 Å². The predicted octanol–water partition coefficient (Wildman–Crippen LogP) is 4.22. The molecule has 1 fully saturated rings. The van der Waals surface area contributed by atoms with E-state index in [9.17, 15) is 4.79 Å². The van der Waals surface area contributed by atoms with Gasteiger partial charge in [0.2, 0.25) is 0 Å². The van der Waals surface area contributed by atoms with Gasteiger partial charge in [0.05, 0.1) is 0 Å². The molecule has 0 aromatic heterocycles. The quantitative estimate of drug-likeness (QED) is 0.638. The second-order valence-electron chi connectivity index (χ2n) is 5.03. The van der Waals surface area contributed by atoms with Crippen LogP contribution in [-0.2, 0) is 4.79 Å². The van der Waals surface area contributed by atoms with Gasteiger partial charge in [-0.05, 0) is 36.0 Å². The first-order chi connectivity index (χ1) is 8.75. The molecule has 0 atom stereocenters. The van der Waals surface area contributed by atoms with E-state index in [4.69, 9.17) is 5.11 Å². The molecule has 0 bridgehead atoms. The summed E-state index contributed by atoms with van der Waals surface area (Å²) in [6, 6.07) is 8.33. The number of hydrogen-bond acceptors (Lipinski definition) is 1. The average Bonchev–Trinajstić information content (AvgIpc) is 2.66. The van der Waals surface area contributed by atoms with Crippen LogP contribution in [0.25, 0.3) is 6.08 Å². The summed E-state index contributed by atoms with van der Waals surface area (Å²) in [4.78, 5) is 10.4. The summed E-state index contributed by atoms with van der Waals surface area (Å²) < 4.78 is 0. The van der Waals surface area contributed by atoms with Crippen LogP contribution < -0.4 is 0 Å². The topological polar surface area (TPSA) is 37.3 Å². The molecule has 1 aliphatic carbocycles. The zero-order chi connectivity index (χ0) is 12.8. The third-order valence-electron chi connectivity index (χ3n) is 3.68. The fraction of sp³-hybridized carbons (Fsp3) is 0.438. The average molecular weight is 244 g/mol. The highest BCUT2D eigenvalue weighted by Gasteiger charge is 2.13. The van der Waals surface area contributed by atoms with Crippen LogP contribution in [0.3, 0.4) is 0 Å². The molecule has 1 aromatic rings. The highest BCUT2D eigenvalue weighted by atomic mass is 16.4. The summed E-state index contributed by atoms with van der Waals surface area (Å²) in [6.07, 6.45) is 10.8. The van der Waals surface area contributed by atoms with Gasteiger partial charge in [-0.15, -0.1) is 0 Å². The van der Waals surface area contributed by atoms with Crippen LogP contribution in [0.4, 0.5) is 0 Å². The molecule has 1 saturated carbocycles. The van der Waals surface area contributed by atoms with Crippen molar-refractivity contribution in [3.05, 3.63) is 41.5 Å². The molecule has 96 valence electrons. The van der Waals surface area contributed by atoms with Gasteiger partial charge in [0, 0.05) is 6.08 Å². The van der Waals surface area contributed by atoms with Crippen molar-refractivity contribution in [3.8, 4) is 0 Å². The first-order valence-corrected chi connectivity index (χ1v) is 6.76. The van der Waals surface area contributed by atoms with Crippen molar-refractivity contribution >= 4 is 12.0 Å². The maximum absolute atomic E-state index is 10.4. The fourth-order valence-electron chi connectivity index (χ4n) is 2.66. The van der Waals surface area contributed by atoms with Crippen molar-refractivity contribution in [2.45, 2.75) is 44.4 Å². The number of aliphatic carboxylic acids is 1. The molecular formula is C16H20O2. The van der Waals surface area contributed by atoms with E-state index < -0.39 is 5.97 Å². The van der Waals surface area contributed by atoms with E-state index in [1.165, 1.54) is 50.2 Å². The minimum atomic E-state index is -0.900. The molecular weight excluding hydrogens is 224 g/mol. The Kier molecular flexibility index (Phi) is 4.57. The van der Waals surface area contributed by atoms with E-state index >= 15 is 0 Å². The molecule has 2 heteroatoms. The standard InChI is InChI=1S/C16H20O2/c17-16(18)12-9-13-7-10-15(11-8-13)14-5-3-1-2-4-6-14/h7-12,14H,1-6H2,(H,17,18). The van der Waals surface area contributed by atoms with E-state index in [2.05, 4.69) is 12.1 Å². The smallest absolute Gasteiger partial charge is 0.328 e. The van der Waals surface area contributed by atoms with Crippen LogP contribution in [0.15, 0.2) is 30.3 Å². The van der Waals surface area contributed by atoms with Crippen molar-refractivity contribution in [1.82, 2.24) is 0 Å². The first kappa shape index (κ1) is 12.9. The van der Waals surface area contributed by atoms with Crippen LogP contribution in [0, 0.1) is 0 Å². The zero-order valence-corrected chi connectivity index (χ0v) is 10.6. The Labute approximate surface area is 108 Å². The molecule has 1 N–H and O–H groups in total. The van der Waals surface area contributed by atoms with Gasteiger partial charge in [-0.2, -0.15) is 0 Å². The maximum atomic E-state index is 10.4. The van der Waals surface area contributed by atoms with E-state index in [1.807, 2.05) is 12.1 Å². The molecule has 0 unspecified atom stereocenters. The molecule has 0 saturated heterocycles. The van der Waals surface area contributed by atoms with Gasteiger partial charge in [-0.25, -0.2) is 4.79 Å². The number of hydrogen-bond donors (Lipinski definition) is 1. The molecule has 2 rings (SSSR count). The van der Waals surface area contributed by atoms with Crippen LogP contribution in [0.2, 0.25) is 0 Å². The van der Waals surface area contributed by atoms with Crippen molar-refractivity contribution in [1.29, 1.82) is 0 Å². The van der Waals surface area contributed by atoms with Crippen molar-refractivity contribution in [2.75, 3.05) is 0 Å². The van der Waals surface area contributed by atoms with Gasteiger partial charge >= 0.3 is 5.97 Å². The highest BCUT2D eigenvalue weighted by Crippen LogP contribution is 2.31. The highest BCUT2D eigenvalue weighted by molar-refractivity contribution is 5.85. The van der Waals surface area contributed by atoms with Crippen molar-refractivity contribution in [3.63, 3.8) is 0 Å². The molecule has 0 amide bonds. The molecule has 1 aliphatic rings. The Bertz CT molecular complexity index is 409. The van der Waals surface area contributed by atoms with Gasteiger partial charge in [0.25, 0.3) is 0 Å². The van der Waals surface area contributed by atoms with Gasteiger partial charge in [0.1, 0.15) is 0 Å². The number of carbonyl (C=O) groups is 1. The molecule has 0 heterocycles. The lowest BCUT2D eigenvalue weighted by Gasteiger charge is -2.14. The Morgan fingerprint density at radius 3 is 2.22 bits per heavy atom. The summed E-state index contributed by atoms with van der Waals surface area (Å²) >= 11 is 0. The number of carboxylic acid groups (broad SMARTS) is 1. The number of carboxylic acids is 1. The zero-order valence-electron chi connectivity index (χ0n) is 10.6. The summed E-state index contributed by atoms with van der Waals surface area (Å²) in [5, 5.41) is 8.58. The van der Waals surface area contributed by atoms with Crippen LogP contribution >= 0.6 is 0 Å². The minimum Gasteiger partial charge on any atom is -0.478 e. The van der Waals surface area contributed by atoms with E-state index in [-0.39, 0.29) is 0 Å². The number of benzene rings is 1. The summed E-state index contributed by atoms with van der Waals surface area (Å²) in [7, 11) is 0. The van der Waals surface area contributed by atoms with Gasteiger partial charge < -0.3 is 5.11 Å².